The first kappa shape index (κ1) is 10.1. The number of fused-ring (bicyclic) bond motifs is 1. The zero-order valence-electron chi connectivity index (χ0n) is 9.29. The van der Waals surface area contributed by atoms with E-state index in [0.717, 1.165) is 17.0 Å². The van der Waals surface area contributed by atoms with Crippen LogP contribution in [0.15, 0.2) is 18.2 Å². The number of rotatable bonds is 2. The van der Waals surface area contributed by atoms with Crippen LogP contribution in [0, 0.1) is 6.92 Å². The van der Waals surface area contributed by atoms with Crippen LogP contribution in [0.5, 0.6) is 5.75 Å². The van der Waals surface area contributed by atoms with Gasteiger partial charge in [-0.3, -0.25) is 0 Å². The fraction of sp³-hybridized carbons (Fsp3) is 0.333. The van der Waals surface area contributed by atoms with E-state index in [4.69, 9.17) is 10.5 Å². The molecule has 1 atom stereocenters. The maximum absolute atomic E-state index is 5.85. The van der Waals surface area contributed by atoms with Gasteiger partial charge in [-0.1, -0.05) is 6.07 Å². The Kier molecular flexibility index (Phi) is 2.40. The molecule has 0 fully saturated rings. The highest BCUT2D eigenvalue weighted by Crippen LogP contribution is 2.29. The lowest BCUT2D eigenvalue weighted by Gasteiger charge is -2.03. The third-order valence-electron chi connectivity index (χ3n) is 2.70. The van der Waals surface area contributed by atoms with Gasteiger partial charge in [0.2, 0.25) is 0 Å². The first-order valence-electron chi connectivity index (χ1n) is 5.05. The molecule has 0 saturated carbocycles. The molecule has 3 nitrogen and oxygen atoms in total. The maximum atomic E-state index is 5.85. The van der Waals surface area contributed by atoms with Gasteiger partial charge in [0.15, 0.2) is 0 Å². The average molecular weight is 204 g/mol. The predicted molar refractivity (Wildman–Crippen MR) is 62.2 cm³/mol. The molecular formula is C12H16N2O. The van der Waals surface area contributed by atoms with E-state index in [9.17, 15) is 0 Å². The molecule has 0 amide bonds. The van der Waals surface area contributed by atoms with Crippen LogP contribution in [0.3, 0.4) is 0 Å². The Morgan fingerprint density at radius 1 is 1.40 bits per heavy atom. The highest BCUT2D eigenvalue weighted by atomic mass is 16.5. The summed E-state index contributed by atoms with van der Waals surface area (Å²) in [5.41, 5.74) is 9.15. The minimum Gasteiger partial charge on any atom is -0.495 e. The lowest BCUT2D eigenvalue weighted by Crippen LogP contribution is -2.04. The molecule has 0 bridgehead atoms. The summed E-state index contributed by atoms with van der Waals surface area (Å²) in [4.78, 5) is 3.31. The molecule has 0 radical (unpaired) electrons. The summed E-state index contributed by atoms with van der Waals surface area (Å²) in [7, 11) is 1.68. The van der Waals surface area contributed by atoms with Crippen LogP contribution in [-0.4, -0.2) is 12.1 Å². The molecule has 1 aromatic heterocycles. The van der Waals surface area contributed by atoms with Crippen molar-refractivity contribution in [2.45, 2.75) is 19.9 Å². The second kappa shape index (κ2) is 3.59. The van der Waals surface area contributed by atoms with Crippen molar-refractivity contribution >= 4 is 10.9 Å². The van der Waals surface area contributed by atoms with Gasteiger partial charge in [0, 0.05) is 17.1 Å². The number of hydrogen-bond donors (Lipinski definition) is 2. The standard InChI is InChI=1S/C12H16N2O/c1-7-4-5-11(15-3)12-9(7)6-10(14-12)8(2)13/h4-6,8,14H,13H2,1-3H3. The molecule has 0 spiro atoms. The third-order valence-corrected chi connectivity index (χ3v) is 2.70. The second-order valence-electron chi connectivity index (χ2n) is 3.89. The van der Waals surface area contributed by atoms with Crippen LogP contribution in [0.1, 0.15) is 24.2 Å². The number of hydrogen-bond acceptors (Lipinski definition) is 2. The van der Waals surface area contributed by atoms with Gasteiger partial charge in [0.25, 0.3) is 0 Å². The normalized spacial score (nSPS) is 13.1. The number of methoxy groups -OCH3 is 1. The zero-order valence-corrected chi connectivity index (χ0v) is 9.29. The molecular weight excluding hydrogens is 188 g/mol. The molecule has 0 aliphatic heterocycles. The number of aromatic nitrogens is 1. The largest absolute Gasteiger partial charge is 0.495 e. The van der Waals surface area contributed by atoms with E-state index in [-0.39, 0.29) is 6.04 Å². The van der Waals surface area contributed by atoms with E-state index in [1.807, 2.05) is 13.0 Å². The van der Waals surface area contributed by atoms with E-state index in [0.29, 0.717) is 0 Å². The summed E-state index contributed by atoms with van der Waals surface area (Å²) < 4.78 is 5.30. The van der Waals surface area contributed by atoms with E-state index in [1.54, 1.807) is 7.11 Å². The number of ether oxygens (including phenoxy) is 1. The molecule has 1 aromatic carbocycles. The Bertz CT molecular complexity index is 486. The zero-order chi connectivity index (χ0) is 11.0. The molecule has 1 heterocycles. The first-order chi connectivity index (χ1) is 7.13. The molecule has 0 saturated heterocycles. The highest BCUT2D eigenvalue weighted by molar-refractivity contribution is 5.89. The lowest BCUT2D eigenvalue weighted by molar-refractivity contribution is 0.419. The van der Waals surface area contributed by atoms with E-state index in [2.05, 4.69) is 24.0 Å². The van der Waals surface area contributed by atoms with Crippen molar-refractivity contribution in [3.05, 3.63) is 29.5 Å². The molecule has 3 N–H and O–H groups in total. The first-order valence-corrected chi connectivity index (χ1v) is 5.05. The predicted octanol–water partition coefficient (Wildman–Crippen LogP) is 2.50. The Morgan fingerprint density at radius 2 is 2.13 bits per heavy atom. The Hall–Kier alpha value is -1.48. The fourth-order valence-electron chi connectivity index (χ4n) is 1.77. The molecule has 0 aliphatic rings. The molecule has 0 aliphatic carbocycles. The van der Waals surface area contributed by atoms with Crippen molar-refractivity contribution in [3.63, 3.8) is 0 Å². The van der Waals surface area contributed by atoms with Gasteiger partial charge in [-0.15, -0.1) is 0 Å². The Balaban J connectivity index is 2.72. The summed E-state index contributed by atoms with van der Waals surface area (Å²) >= 11 is 0. The number of nitrogens with two attached hydrogens (primary N) is 1. The van der Waals surface area contributed by atoms with E-state index >= 15 is 0 Å². The van der Waals surface area contributed by atoms with Crippen molar-refractivity contribution in [1.82, 2.24) is 4.98 Å². The van der Waals surface area contributed by atoms with E-state index < -0.39 is 0 Å². The van der Waals surface area contributed by atoms with Gasteiger partial charge in [0.1, 0.15) is 5.75 Å². The second-order valence-corrected chi connectivity index (χ2v) is 3.89. The smallest absolute Gasteiger partial charge is 0.142 e. The van der Waals surface area contributed by atoms with Crippen LogP contribution in [0.4, 0.5) is 0 Å². The van der Waals surface area contributed by atoms with Crippen LogP contribution in [-0.2, 0) is 0 Å². The van der Waals surface area contributed by atoms with E-state index in [1.165, 1.54) is 10.9 Å². The van der Waals surface area contributed by atoms with Gasteiger partial charge < -0.3 is 15.5 Å². The van der Waals surface area contributed by atoms with Gasteiger partial charge in [-0.05, 0) is 31.5 Å². The molecule has 80 valence electrons. The average Bonchev–Trinajstić information content (AvgIpc) is 2.64. The number of aryl methyl sites for hydroxylation is 1. The summed E-state index contributed by atoms with van der Waals surface area (Å²) in [5, 5.41) is 1.18. The summed E-state index contributed by atoms with van der Waals surface area (Å²) in [6.07, 6.45) is 0. The number of benzene rings is 1. The molecule has 15 heavy (non-hydrogen) atoms. The molecule has 2 rings (SSSR count). The summed E-state index contributed by atoms with van der Waals surface area (Å²) in [6.45, 7) is 4.05. The minimum atomic E-state index is 0.0153. The maximum Gasteiger partial charge on any atom is 0.142 e. The molecule has 2 aromatic rings. The van der Waals surface area contributed by atoms with Crippen molar-refractivity contribution in [1.29, 1.82) is 0 Å². The van der Waals surface area contributed by atoms with Crippen LogP contribution < -0.4 is 10.5 Å². The SMILES string of the molecule is COc1ccc(C)c2cc(C(C)N)[nH]c12. The lowest BCUT2D eigenvalue weighted by atomic mass is 10.1. The van der Waals surface area contributed by atoms with Crippen molar-refractivity contribution < 1.29 is 4.74 Å². The Morgan fingerprint density at radius 3 is 2.73 bits per heavy atom. The fourth-order valence-corrected chi connectivity index (χ4v) is 1.77. The molecule has 3 heteroatoms. The monoisotopic (exact) mass is 204 g/mol. The molecule has 1 unspecified atom stereocenters. The third kappa shape index (κ3) is 1.59. The van der Waals surface area contributed by atoms with Gasteiger partial charge in [-0.25, -0.2) is 0 Å². The summed E-state index contributed by atoms with van der Waals surface area (Å²) in [6, 6.07) is 6.14. The number of aromatic amines is 1. The van der Waals surface area contributed by atoms with Crippen molar-refractivity contribution in [3.8, 4) is 5.75 Å². The van der Waals surface area contributed by atoms with Crippen molar-refractivity contribution in [2.24, 2.45) is 5.73 Å². The van der Waals surface area contributed by atoms with Gasteiger partial charge >= 0.3 is 0 Å². The van der Waals surface area contributed by atoms with Crippen LogP contribution in [0.2, 0.25) is 0 Å². The van der Waals surface area contributed by atoms with Gasteiger partial charge in [0.05, 0.1) is 12.6 Å². The summed E-state index contributed by atoms with van der Waals surface area (Å²) in [5.74, 6) is 0.863. The number of H-pyrrole nitrogens is 1. The quantitative estimate of drug-likeness (QED) is 0.789. The topological polar surface area (TPSA) is 51.0 Å². The highest BCUT2D eigenvalue weighted by Gasteiger charge is 2.10. The van der Waals surface area contributed by atoms with Crippen LogP contribution in [0.25, 0.3) is 10.9 Å². The van der Waals surface area contributed by atoms with Gasteiger partial charge in [-0.2, -0.15) is 0 Å². The van der Waals surface area contributed by atoms with Crippen LogP contribution >= 0.6 is 0 Å². The Labute approximate surface area is 89.2 Å². The van der Waals surface area contributed by atoms with Crippen molar-refractivity contribution in [2.75, 3.05) is 7.11 Å². The number of nitrogens with one attached hydrogen (secondary N) is 1. The minimum absolute atomic E-state index is 0.0153.